The molecule has 2 heterocycles. The average molecular weight is 343 g/mol. The number of nitrogens with zero attached hydrogens (tertiary/aromatic N) is 2. The van der Waals surface area contributed by atoms with Gasteiger partial charge >= 0.3 is 0 Å². The first kappa shape index (κ1) is 17.5. The Morgan fingerprint density at radius 3 is 2.24 bits per heavy atom. The van der Waals surface area contributed by atoms with Gasteiger partial charge in [-0.1, -0.05) is 43.2 Å². The van der Waals surface area contributed by atoms with Crippen LogP contribution in [0.2, 0.25) is 0 Å². The molecule has 138 valence electrons. The first-order valence-electron chi connectivity index (χ1n) is 10.3. The highest BCUT2D eigenvalue weighted by Crippen LogP contribution is 2.44. The monoisotopic (exact) mass is 342 g/mol. The molecule has 3 aliphatic rings. The molecule has 25 heavy (non-hydrogen) atoms. The van der Waals surface area contributed by atoms with Crippen molar-refractivity contribution in [1.82, 2.24) is 9.80 Å². The molecular weight excluding hydrogens is 308 g/mol. The molecule has 0 radical (unpaired) electrons. The van der Waals surface area contributed by atoms with Crippen molar-refractivity contribution < 1.29 is 5.11 Å². The van der Waals surface area contributed by atoms with Gasteiger partial charge in [-0.2, -0.15) is 0 Å². The maximum atomic E-state index is 10.6. The lowest BCUT2D eigenvalue weighted by molar-refractivity contribution is 0.0645. The Labute approximate surface area is 153 Å². The Hall–Kier alpha value is -0.900. The second-order valence-corrected chi connectivity index (χ2v) is 8.72. The van der Waals surface area contributed by atoms with Gasteiger partial charge in [0.25, 0.3) is 0 Å². The zero-order valence-electron chi connectivity index (χ0n) is 15.7. The van der Waals surface area contributed by atoms with Gasteiger partial charge in [0.1, 0.15) is 0 Å². The van der Waals surface area contributed by atoms with Crippen LogP contribution in [0.1, 0.15) is 50.5 Å². The van der Waals surface area contributed by atoms with E-state index in [2.05, 4.69) is 47.2 Å². The maximum Gasteiger partial charge on any atom is 0.0531 e. The van der Waals surface area contributed by atoms with Crippen molar-refractivity contribution in [2.75, 3.05) is 33.3 Å². The van der Waals surface area contributed by atoms with E-state index in [0.29, 0.717) is 12.5 Å². The number of aliphatic hydroxyl groups is 1. The minimum atomic E-state index is -0.0415. The molecule has 3 nitrogen and oxygen atoms in total. The van der Waals surface area contributed by atoms with E-state index < -0.39 is 0 Å². The van der Waals surface area contributed by atoms with Gasteiger partial charge in [-0.15, -0.1) is 0 Å². The van der Waals surface area contributed by atoms with Crippen LogP contribution < -0.4 is 0 Å². The van der Waals surface area contributed by atoms with E-state index >= 15 is 0 Å². The van der Waals surface area contributed by atoms with Crippen LogP contribution in [0.15, 0.2) is 30.3 Å². The third-order valence-electron chi connectivity index (χ3n) is 7.56. The predicted molar refractivity (Wildman–Crippen MR) is 103 cm³/mol. The molecule has 0 amide bonds. The molecule has 1 aromatic rings. The predicted octanol–water partition coefficient (Wildman–Crippen LogP) is 3.28. The maximum absolute atomic E-state index is 10.6. The number of benzene rings is 1. The van der Waals surface area contributed by atoms with Gasteiger partial charge in [0, 0.05) is 30.6 Å². The van der Waals surface area contributed by atoms with Gasteiger partial charge in [0.05, 0.1) is 6.61 Å². The number of rotatable bonds is 6. The minimum absolute atomic E-state index is 0.0415. The summed E-state index contributed by atoms with van der Waals surface area (Å²) in [5, 5.41) is 10.6. The van der Waals surface area contributed by atoms with Gasteiger partial charge in [-0.3, -0.25) is 4.90 Å². The van der Waals surface area contributed by atoms with Crippen LogP contribution in [0.5, 0.6) is 0 Å². The smallest absolute Gasteiger partial charge is 0.0531 e. The van der Waals surface area contributed by atoms with E-state index in [1.165, 1.54) is 57.2 Å². The summed E-state index contributed by atoms with van der Waals surface area (Å²) in [7, 11) is 2.31. The van der Waals surface area contributed by atoms with E-state index in [-0.39, 0.29) is 5.41 Å². The Morgan fingerprint density at radius 1 is 1.00 bits per heavy atom. The van der Waals surface area contributed by atoms with E-state index in [9.17, 15) is 5.11 Å². The normalized spacial score (nSPS) is 30.6. The Balaban J connectivity index is 1.51. The van der Waals surface area contributed by atoms with Gasteiger partial charge in [0.2, 0.25) is 0 Å². The molecule has 1 aliphatic carbocycles. The van der Waals surface area contributed by atoms with E-state index in [0.717, 1.165) is 25.0 Å². The van der Waals surface area contributed by atoms with Gasteiger partial charge < -0.3 is 10.0 Å². The van der Waals surface area contributed by atoms with Crippen LogP contribution in [0, 0.1) is 5.92 Å². The molecule has 3 atom stereocenters. The van der Waals surface area contributed by atoms with E-state index in [1.807, 2.05) is 0 Å². The lowest BCUT2D eigenvalue weighted by atomic mass is 9.67. The zero-order valence-corrected chi connectivity index (χ0v) is 15.7. The Bertz CT molecular complexity index is 542. The minimum Gasteiger partial charge on any atom is -0.395 e. The molecule has 2 saturated heterocycles. The van der Waals surface area contributed by atoms with Crippen molar-refractivity contribution in [1.29, 1.82) is 0 Å². The third kappa shape index (κ3) is 3.27. The van der Waals surface area contributed by atoms with Crippen LogP contribution in [-0.4, -0.2) is 60.3 Å². The summed E-state index contributed by atoms with van der Waals surface area (Å²) in [4.78, 5) is 5.29. The number of likely N-dealkylation sites (tertiary alicyclic amines) is 1. The summed E-state index contributed by atoms with van der Waals surface area (Å²) in [6, 6.07) is 12.4. The third-order valence-corrected chi connectivity index (χ3v) is 7.56. The summed E-state index contributed by atoms with van der Waals surface area (Å²) in [6.07, 6.45) is 9.05. The van der Waals surface area contributed by atoms with Crippen LogP contribution in [0.3, 0.4) is 0 Å². The summed E-state index contributed by atoms with van der Waals surface area (Å²) >= 11 is 0. The van der Waals surface area contributed by atoms with Gasteiger partial charge in [-0.25, -0.2) is 0 Å². The average Bonchev–Trinajstić information content (AvgIpc) is 3.24. The fourth-order valence-corrected chi connectivity index (χ4v) is 5.87. The first-order chi connectivity index (χ1) is 12.2. The van der Waals surface area contributed by atoms with Crippen LogP contribution in [0.4, 0.5) is 0 Å². The second kappa shape index (κ2) is 7.38. The van der Waals surface area contributed by atoms with Crippen molar-refractivity contribution in [2.45, 2.75) is 62.4 Å². The summed E-state index contributed by atoms with van der Waals surface area (Å²) in [5.74, 6) is 0.643. The summed E-state index contributed by atoms with van der Waals surface area (Å²) in [6.45, 7) is 3.86. The molecule has 1 N–H and O–H groups in total. The number of fused-ring (bicyclic) bond motifs is 2. The first-order valence-corrected chi connectivity index (χ1v) is 10.3. The quantitative estimate of drug-likeness (QED) is 0.859. The summed E-state index contributed by atoms with van der Waals surface area (Å²) in [5.41, 5.74) is 1.32. The number of hydrogen-bond acceptors (Lipinski definition) is 3. The molecule has 0 spiro atoms. The number of likely N-dealkylation sites (N-methyl/N-ethyl adjacent to an activating group) is 1. The van der Waals surface area contributed by atoms with E-state index in [1.54, 1.807) is 0 Å². The molecule has 1 saturated carbocycles. The molecular formula is C22H34N2O. The lowest BCUT2D eigenvalue weighted by Gasteiger charge is -2.43. The topological polar surface area (TPSA) is 26.7 Å². The summed E-state index contributed by atoms with van der Waals surface area (Å²) < 4.78 is 0. The lowest BCUT2D eigenvalue weighted by Crippen LogP contribution is -2.53. The van der Waals surface area contributed by atoms with Gasteiger partial charge in [-0.05, 0) is 57.2 Å². The highest BCUT2D eigenvalue weighted by Gasteiger charge is 2.43. The van der Waals surface area contributed by atoms with Crippen molar-refractivity contribution in [2.24, 2.45) is 5.92 Å². The molecule has 3 heteroatoms. The van der Waals surface area contributed by atoms with E-state index in [4.69, 9.17) is 0 Å². The van der Waals surface area contributed by atoms with Gasteiger partial charge in [0.15, 0.2) is 0 Å². The Morgan fingerprint density at radius 2 is 1.64 bits per heavy atom. The fourth-order valence-electron chi connectivity index (χ4n) is 5.87. The Kier molecular flexibility index (Phi) is 5.17. The largest absolute Gasteiger partial charge is 0.395 e. The number of aliphatic hydroxyl groups excluding tert-OH is 1. The molecule has 0 aromatic heterocycles. The number of piperazine rings is 1. The van der Waals surface area contributed by atoms with Crippen molar-refractivity contribution in [3.63, 3.8) is 0 Å². The molecule has 2 bridgehead atoms. The highest BCUT2D eigenvalue weighted by atomic mass is 16.3. The SMILES string of the molecule is CN1C2CCC1CN(CCC(CO)(c1ccccc1)C1CCCC1)C2. The molecule has 4 rings (SSSR count). The molecule has 3 unspecified atom stereocenters. The van der Waals surface area contributed by atoms with Crippen LogP contribution >= 0.6 is 0 Å². The van der Waals surface area contributed by atoms with Crippen molar-refractivity contribution in [3.05, 3.63) is 35.9 Å². The highest BCUT2D eigenvalue weighted by molar-refractivity contribution is 5.27. The molecule has 1 aromatic carbocycles. The van der Waals surface area contributed by atoms with Crippen LogP contribution in [0.25, 0.3) is 0 Å². The fraction of sp³-hybridized carbons (Fsp3) is 0.727. The van der Waals surface area contributed by atoms with Crippen molar-refractivity contribution >= 4 is 0 Å². The standard InChI is InChI=1S/C22H34N2O/c1-23-20-11-12-21(23)16-24(15-20)14-13-22(17-25,19-9-5-6-10-19)18-7-3-2-4-8-18/h2-4,7-8,19-21,25H,5-6,9-17H2,1H3. The zero-order chi connectivity index (χ0) is 17.3. The number of hydrogen-bond donors (Lipinski definition) is 1. The molecule has 3 fully saturated rings. The second-order valence-electron chi connectivity index (χ2n) is 8.72. The molecule has 2 aliphatic heterocycles. The van der Waals surface area contributed by atoms with Crippen LogP contribution in [-0.2, 0) is 5.41 Å². The van der Waals surface area contributed by atoms with Crippen molar-refractivity contribution in [3.8, 4) is 0 Å².